The first-order valence-corrected chi connectivity index (χ1v) is 11.7. The lowest BCUT2D eigenvalue weighted by Crippen LogP contribution is -2.40. The van der Waals surface area contributed by atoms with Crippen molar-refractivity contribution < 1.29 is 19.4 Å². The van der Waals surface area contributed by atoms with E-state index in [4.69, 9.17) is 4.74 Å². The monoisotopic (exact) mass is 423 g/mol. The molecule has 0 amide bonds. The fraction of sp³-hybridized carbons (Fsp3) is 0.538. The predicted molar refractivity (Wildman–Crippen MR) is 121 cm³/mol. The molecule has 2 aromatic rings. The van der Waals surface area contributed by atoms with Gasteiger partial charge in [0.05, 0.1) is 12.2 Å². The highest BCUT2D eigenvalue weighted by Gasteiger charge is 2.39. The largest absolute Gasteiger partial charge is 0.507 e. The third-order valence-corrected chi connectivity index (χ3v) is 6.94. The molecule has 166 valence electrons. The van der Waals surface area contributed by atoms with Crippen LogP contribution in [-0.2, 0) is 9.53 Å². The highest BCUT2D eigenvalue weighted by atomic mass is 16.5. The van der Waals surface area contributed by atoms with Crippen LogP contribution < -0.4 is 0 Å². The van der Waals surface area contributed by atoms with Crippen LogP contribution in [0.4, 0.5) is 0 Å². The van der Waals surface area contributed by atoms with Gasteiger partial charge in [-0.15, -0.1) is 0 Å². The minimum absolute atomic E-state index is 0.0575. The number of hydrogen-bond acceptors (Lipinski definition) is 5. The van der Waals surface area contributed by atoms with Gasteiger partial charge in [-0.2, -0.15) is 0 Å². The summed E-state index contributed by atoms with van der Waals surface area (Å²) in [7, 11) is 0. The molecule has 2 atom stereocenters. The number of hydrogen-bond donors (Lipinski definition) is 1. The maximum absolute atomic E-state index is 13.1. The van der Waals surface area contributed by atoms with E-state index in [9.17, 15) is 14.7 Å². The Bertz CT molecular complexity index is 934. The predicted octanol–water partition coefficient (Wildman–Crippen LogP) is 4.95. The zero-order chi connectivity index (χ0) is 21.8. The number of ketones is 1. The second kappa shape index (κ2) is 9.82. The molecule has 1 saturated heterocycles. The van der Waals surface area contributed by atoms with E-state index in [-0.39, 0.29) is 29.5 Å². The van der Waals surface area contributed by atoms with Crippen molar-refractivity contribution in [1.82, 2.24) is 4.90 Å². The van der Waals surface area contributed by atoms with Crippen LogP contribution in [0.15, 0.2) is 36.4 Å². The van der Waals surface area contributed by atoms with Crippen LogP contribution in [0.25, 0.3) is 10.8 Å². The third kappa shape index (κ3) is 4.93. The average molecular weight is 424 g/mol. The number of rotatable bonds is 7. The lowest BCUT2D eigenvalue weighted by molar-refractivity contribution is -0.148. The number of benzene rings is 2. The Hall–Kier alpha value is -2.40. The van der Waals surface area contributed by atoms with Gasteiger partial charge >= 0.3 is 5.97 Å². The standard InChI is InChI=1S/C26H33NO4/c1-2-31-26(30)23-14-19(17-27(23)16-18-8-4-3-5-9-18)15-24(28)22-13-12-20-10-6-7-11-21(20)25(22)29/h6-7,10-13,18-19,23,29H,2-5,8-9,14-17H2,1H3/t19-,23+/m1/s1. The number of ether oxygens (including phenoxy) is 1. The lowest BCUT2D eigenvalue weighted by Gasteiger charge is -2.29. The van der Waals surface area contributed by atoms with E-state index >= 15 is 0 Å². The second-order valence-electron chi connectivity index (χ2n) is 9.14. The molecule has 0 spiro atoms. The fourth-order valence-electron chi connectivity index (χ4n) is 5.39. The molecule has 1 heterocycles. The minimum Gasteiger partial charge on any atom is -0.507 e. The summed E-state index contributed by atoms with van der Waals surface area (Å²) < 4.78 is 5.34. The first-order valence-electron chi connectivity index (χ1n) is 11.7. The van der Waals surface area contributed by atoms with E-state index in [0.717, 1.165) is 18.5 Å². The number of esters is 1. The average Bonchev–Trinajstić information content (AvgIpc) is 3.17. The van der Waals surface area contributed by atoms with Crippen molar-refractivity contribution in [3.05, 3.63) is 42.0 Å². The van der Waals surface area contributed by atoms with E-state index in [2.05, 4.69) is 4.90 Å². The van der Waals surface area contributed by atoms with Gasteiger partial charge in [-0.3, -0.25) is 14.5 Å². The van der Waals surface area contributed by atoms with Gasteiger partial charge in [0.25, 0.3) is 0 Å². The molecule has 1 aliphatic heterocycles. The van der Waals surface area contributed by atoms with E-state index in [1.54, 1.807) is 6.07 Å². The summed E-state index contributed by atoms with van der Waals surface area (Å²) in [6, 6.07) is 10.9. The first-order chi connectivity index (χ1) is 15.1. The van der Waals surface area contributed by atoms with Crippen LogP contribution in [-0.4, -0.2) is 47.5 Å². The van der Waals surface area contributed by atoms with E-state index in [0.29, 0.717) is 36.3 Å². The molecular weight excluding hydrogens is 390 g/mol. The Morgan fingerprint density at radius 2 is 1.84 bits per heavy atom. The highest BCUT2D eigenvalue weighted by Crippen LogP contribution is 2.34. The number of carbonyl (C=O) groups is 2. The van der Waals surface area contributed by atoms with Gasteiger partial charge in [-0.1, -0.05) is 49.6 Å². The summed E-state index contributed by atoms with van der Waals surface area (Å²) in [6.45, 7) is 3.86. The van der Waals surface area contributed by atoms with Crippen LogP contribution in [0, 0.1) is 11.8 Å². The van der Waals surface area contributed by atoms with Crippen LogP contribution in [0.1, 0.15) is 62.2 Å². The summed E-state index contributed by atoms with van der Waals surface area (Å²) >= 11 is 0. The van der Waals surface area contributed by atoms with Crippen molar-refractivity contribution in [3.63, 3.8) is 0 Å². The molecule has 2 fully saturated rings. The smallest absolute Gasteiger partial charge is 0.323 e. The zero-order valence-corrected chi connectivity index (χ0v) is 18.4. The molecule has 1 N–H and O–H groups in total. The Morgan fingerprint density at radius 3 is 2.61 bits per heavy atom. The number of fused-ring (bicyclic) bond motifs is 1. The fourth-order valence-corrected chi connectivity index (χ4v) is 5.39. The Kier molecular flexibility index (Phi) is 6.91. The Morgan fingerprint density at radius 1 is 1.06 bits per heavy atom. The summed E-state index contributed by atoms with van der Waals surface area (Å²) in [5.74, 6) is 0.556. The Balaban J connectivity index is 1.46. The molecule has 31 heavy (non-hydrogen) atoms. The molecule has 0 unspecified atom stereocenters. The van der Waals surface area contributed by atoms with Crippen molar-refractivity contribution in [2.75, 3.05) is 19.7 Å². The van der Waals surface area contributed by atoms with Crippen LogP contribution in [0.5, 0.6) is 5.75 Å². The number of phenols is 1. The first kappa shape index (κ1) is 21.8. The van der Waals surface area contributed by atoms with E-state index in [1.165, 1.54) is 32.1 Å². The third-order valence-electron chi connectivity index (χ3n) is 6.94. The number of nitrogens with zero attached hydrogens (tertiary/aromatic N) is 1. The number of phenolic OH excluding ortho intramolecular Hbond substituents is 1. The maximum atomic E-state index is 13.1. The maximum Gasteiger partial charge on any atom is 0.323 e. The van der Waals surface area contributed by atoms with Gasteiger partial charge in [0, 0.05) is 24.9 Å². The molecular formula is C26H33NO4. The van der Waals surface area contributed by atoms with Gasteiger partial charge < -0.3 is 9.84 Å². The zero-order valence-electron chi connectivity index (χ0n) is 18.4. The van der Waals surface area contributed by atoms with Gasteiger partial charge in [0.2, 0.25) is 0 Å². The summed E-state index contributed by atoms with van der Waals surface area (Å²) in [4.78, 5) is 27.9. The summed E-state index contributed by atoms with van der Waals surface area (Å²) in [5, 5.41) is 12.3. The van der Waals surface area contributed by atoms with Crippen molar-refractivity contribution >= 4 is 22.5 Å². The van der Waals surface area contributed by atoms with Gasteiger partial charge in [0.1, 0.15) is 11.8 Å². The molecule has 1 saturated carbocycles. The number of aromatic hydroxyl groups is 1. The van der Waals surface area contributed by atoms with Crippen molar-refractivity contribution in [2.45, 2.75) is 57.9 Å². The molecule has 1 aliphatic carbocycles. The topological polar surface area (TPSA) is 66.8 Å². The SMILES string of the molecule is CCOC(=O)[C@@H]1C[C@H](CC(=O)c2ccc3ccccc3c2O)CN1CC1CCCCC1. The van der Waals surface area contributed by atoms with Crippen molar-refractivity contribution in [2.24, 2.45) is 11.8 Å². The van der Waals surface area contributed by atoms with Crippen molar-refractivity contribution in [3.8, 4) is 5.75 Å². The highest BCUT2D eigenvalue weighted by molar-refractivity contribution is 6.04. The van der Waals surface area contributed by atoms with Crippen molar-refractivity contribution in [1.29, 1.82) is 0 Å². The van der Waals surface area contributed by atoms with Gasteiger partial charge in [-0.05, 0) is 49.5 Å². The Labute approximate surface area is 184 Å². The van der Waals surface area contributed by atoms with Gasteiger partial charge in [-0.25, -0.2) is 0 Å². The molecule has 2 aromatic carbocycles. The molecule has 2 aliphatic rings. The molecule has 0 radical (unpaired) electrons. The minimum atomic E-state index is -0.259. The van der Waals surface area contributed by atoms with Gasteiger partial charge in [0.15, 0.2) is 5.78 Å². The normalized spacial score (nSPS) is 22.6. The molecule has 4 rings (SSSR count). The number of carbonyl (C=O) groups excluding carboxylic acids is 2. The quantitative estimate of drug-likeness (QED) is 0.504. The summed E-state index contributed by atoms with van der Waals surface area (Å²) in [6.07, 6.45) is 7.28. The molecule has 0 aromatic heterocycles. The molecule has 0 bridgehead atoms. The van der Waals surface area contributed by atoms with Crippen LogP contribution in [0.3, 0.4) is 0 Å². The van der Waals surface area contributed by atoms with E-state index < -0.39 is 0 Å². The van der Waals surface area contributed by atoms with Crippen LogP contribution >= 0.6 is 0 Å². The molecule has 5 nitrogen and oxygen atoms in total. The molecule has 5 heteroatoms. The van der Waals surface area contributed by atoms with Crippen LogP contribution in [0.2, 0.25) is 0 Å². The number of Topliss-reactive ketones (excluding diaryl/α,β-unsaturated/α-hetero) is 1. The second-order valence-corrected chi connectivity index (χ2v) is 9.14. The lowest BCUT2D eigenvalue weighted by atomic mass is 9.89. The summed E-state index contributed by atoms with van der Waals surface area (Å²) in [5.41, 5.74) is 0.372. The number of likely N-dealkylation sites (tertiary alicyclic amines) is 1. The van der Waals surface area contributed by atoms with E-state index in [1.807, 2.05) is 37.3 Å².